The van der Waals surface area contributed by atoms with Crippen molar-refractivity contribution in [2.24, 2.45) is 59.2 Å². The van der Waals surface area contributed by atoms with Crippen LogP contribution in [0.4, 0.5) is 0 Å². The molecule has 0 N–H and O–H groups in total. The van der Waals surface area contributed by atoms with E-state index in [1.807, 2.05) is 0 Å². The van der Waals surface area contributed by atoms with Gasteiger partial charge in [-0.2, -0.15) is 0 Å². The van der Waals surface area contributed by atoms with Gasteiger partial charge in [-0.05, 0) is 97.7 Å². The molecule has 0 aliphatic heterocycles. The lowest BCUT2D eigenvalue weighted by Crippen LogP contribution is -2.54. The smallest absolute Gasteiger partial charge is 0.0318 e. The molecule has 0 aromatic rings. The molecule has 0 bridgehead atoms. The van der Waals surface area contributed by atoms with E-state index in [2.05, 4.69) is 0 Å². The molecule has 8 atom stereocenters. The van der Waals surface area contributed by atoms with E-state index < -0.39 is 0 Å². The van der Waals surface area contributed by atoms with Gasteiger partial charge in [0.15, 0.2) is 0 Å². The van der Waals surface area contributed by atoms with Crippen molar-refractivity contribution in [1.29, 1.82) is 0 Å². The van der Waals surface area contributed by atoms with Gasteiger partial charge in [-0.1, -0.05) is 77.0 Å². The van der Waals surface area contributed by atoms with Gasteiger partial charge >= 0.3 is 0 Å². The van der Waals surface area contributed by atoms with Gasteiger partial charge < -0.3 is 0 Å². The van der Waals surface area contributed by atoms with Gasteiger partial charge in [-0.3, -0.25) is 0 Å². The van der Waals surface area contributed by atoms with Crippen molar-refractivity contribution < 1.29 is 0 Å². The lowest BCUT2D eigenvalue weighted by Gasteiger charge is -2.61. The maximum absolute atomic E-state index is 1.65. The molecule has 6 aliphatic rings. The second-order valence-electron chi connectivity index (χ2n) is 12.5. The largest absolute Gasteiger partial charge is 0.0530 e. The lowest BCUT2D eigenvalue weighted by atomic mass is 9.44. The molecule has 6 rings (SSSR count). The van der Waals surface area contributed by atoms with Gasteiger partial charge in [-0.15, -0.1) is 0 Å². The predicted molar refractivity (Wildman–Crippen MR) is 118 cm³/mol. The fraction of sp³-hybridized carbons (Fsp3) is 1.00. The van der Waals surface area contributed by atoms with Crippen LogP contribution in [-0.4, -0.2) is 0 Å². The summed E-state index contributed by atoms with van der Waals surface area (Å²) >= 11 is 0. The van der Waals surface area contributed by atoms with E-state index in [-0.39, 0.29) is 0 Å². The molecule has 0 aromatic carbocycles. The molecule has 28 heavy (non-hydrogen) atoms. The van der Waals surface area contributed by atoms with Gasteiger partial charge in [0.2, 0.25) is 0 Å². The molecular formula is C28H46. The van der Waals surface area contributed by atoms with Gasteiger partial charge in [0.1, 0.15) is 0 Å². The average Bonchev–Trinajstić information content (AvgIpc) is 2.76. The topological polar surface area (TPSA) is 0 Å². The summed E-state index contributed by atoms with van der Waals surface area (Å²) in [6.45, 7) is 0. The maximum Gasteiger partial charge on any atom is -0.0318 e. The van der Waals surface area contributed by atoms with E-state index in [1.54, 1.807) is 116 Å². The van der Waals surface area contributed by atoms with Crippen molar-refractivity contribution in [3.8, 4) is 0 Å². The third-order valence-electron chi connectivity index (χ3n) is 11.5. The Labute approximate surface area is 175 Å². The highest BCUT2D eigenvalue weighted by Crippen LogP contribution is 2.63. The SMILES string of the molecule is C1CCC2C(C1)CC1CCCCC1C2C1C2CCCCC2CC2CCCCC21. The second kappa shape index (κ2) is 7.92. The Morgan fingerprint density at radius 3 is 0.821 bits per heavy atom. The highest BCUT2D eigenvalue weighted by Gasteiger charge is 2.55. The van der Waals surface area contributed by atoms with Crippen molar-refractivity contribution in [3.63, 3.8) is 0 Å². The molecule has 0 aromatic heterocycles. The monoisotopic (exact) mass is 382 g/mol. The van der Waals surface area contributed by atoms with Gasteiger partial charge in [-0.25, -0.2) is 0 Å². The van der Waals surface area contributed by atoms with Gasteiger partial charge in [0.25, 0.3) is 0 Å². The normalized spacial score (nSPS) is 54.0. The molecular weight excluding hydrogens is 336 g/mol. The summed E-state index contributed by atoms with van der Waals surface area (Å²) in [5, 5.41) is 0. The first kappa shape index (κ1) is 18.7. The minimum Gasteiger partial charge on any atom is -0.0530 e. The summed E-state index contributed by atoms with van der Waals surface area (Å²) in [6.07, 6.45) is 28.8. The highest BCUT2D eigenvalue weighted by atomic mass is 14.6. The predicted octanol–water partition coefficient (Wildman–Crippen LogP) is 8.25. The Bertz CT molecular complexity index is 444. The molecule has 8 unspecified atom stereocenters. The van der Waals surface area contributed by atoms with Crippen LogP contribution in [-0.2, 0) is 0 Å². The molecule has 0 heterocycles. The number of fused-ring (bicyclic) bond motifs is 4. The molecule has 0 amide bonds. The quantitative estimate of drug-likeness (QED) is 0.428. The zero-order valence-electron chi connectivity index (χ0n) is 18.5. The molecule has 6 saturated carbocycles. The van der Waals surface area contributed by atoms with E-state index in [0.717, 1.165) is 47.3 Å². The second-order valence-corrected chi connectivity index (χ2v) is 12.5. The molecule has 0 saturated heterocycles. The molecule has 0 nitrogen and oxygen atoms in total. The van der Waals surface area contributed by atoms with Crippen molar-refractivity contribution in [2.45, 2.75) is 116 Å². The first-order valence-electron chi connectivity index (χ1n) is 13.9. The number of hydrogen-bond acceptors (Lipinski definition) is 0. The maximum atomic E-state index is 1.65. The van der Waals surface area contributed by atoms with E-state index >= 15 is 0 Å². The van der Waals surface area contributed by atoms with Crippen molar-refractivity contribution in [3.05, 3.63) is 0 Å². The third kappa shape index (κ3) is 3.13. The van der Waals surface area contributed by atoms with Crippen molar-refractivity contribution in [1.82, 2.24) is 0 Å². The third-order valence-corrected chi connectivity index (χ3v) is 11.5. The summed E-state index contributed by atoms with van der Waals surface area (Å²) in [7, 11) is 0. The summed E-state index contributed by atoms with van der Waals surface area (Å²) in [6, 6.07) is 0. The molecule has 6 fully saturated rings. The van der Waals surface area contributed by atoms with E-state index in [9.17, 15) is 0 Å². The van der Waals surface area contributed by atoms with Crippen LogP contribution in [0.25, 0.3) is 0 Å². The molecule has 0 spiro atoms. The zero-order valence-corrected chi connectivity index (χ0v) is 18.5. The fourth-order valence-electron chi connectivity index (χ4n) is 10.7. The first-order chi connectivity index (χ1) is 13.9. The minimum atomic E-state index is 1.14. The highest BCUT2D eigenvalue weighted by molar-refractivity contribution is 5.04. The average molecular weight is 383 g/mol. The summed E-state index contributed by atoms with van der Waals surface area (Å²) in [5.74, 6) is 11.5. The van der Waals surface area contributed by atoms with Crippen LogP contribution in [0, 0.1) is 59.2 Å². The number of rotatable bonds is 1. The van der Waals surface area contributed by atoms with E-state index in [1.165, 1.54) is 11.8 Å². The minimum absolute atomic E-state index is 1.14. The van der Waals surface area contributed by atoms with Gasteiger partial charge in [0.05, 0.1) is 0 Å². The van der Waals surface area contributed by atoms with Crippen LogP contribution in [0.15, 0.2) is 0 Å². The molecule has 0 radical (unpaired) electrons. The Kier molecular flexibility index (Phi) is 5.30. The Balaban J connectivity index is 1.38. The van der Waals surface area contributed by atoms with E-state index in [4.69, 9.17) is 0 Å². The summed E-state index contributed by atoms with van der Waals surface area (Å²) in [5.41, 5.74) is 0. The van der Waals surface area contributed by atoms with Crippen LogP contribution in [0.1, 0.15) is 116 Å². The van der Waals surface area contributed by atoms with Crippen LogP contribution >= 0.6 is 0 Å². The molecule has 0 heteroatoms. The lowest BCUT2D eigenvalue weighted by molar-refractivity contribution is -0.120. The standard InChI is InChI=1S/C28H46/c1-5-13-23-19(9-1)17-20-10-2-6-14-24(20)27(23)28-25-15-7-3-11-21(25)18-22-12-4-8-16-26(22)28/h19-28H,1-18H2. The molecule has 158 valence electrons. The Hall–Kier alpha value is 0. The Morgan fingerprint density at radius 1 is 0.286 bits per heavy atom. The fourth-order valence-corrected chi connectivity index (χ4v) is 10.7. The molecule has 6 aliphatic carbocycles. The van der Waals surface area contributed by atoms with Gasteiger partial charge in [0, 0.05) is 0 Å². The first-order valence-corrected chi connectivity index (χ1v) is 13.9. The van der Waals surface area contributed by atoms with Crippen molar-refractivity contribution >= 4 is 0 Å². The van der Waals surface area contributed by atoms with Crippen LogP contribution in [0.3, 0.4) is 0 Å². The van der Waals surface area contributed by atoms with Crippen LogP contribution in [0.5, 0.6) is 0 Å². The van der Waals surface area contributed by atoms with E-state index in [0.29, 0.717) is 0 Å². The number of hydrogen-bond donors (Lipinski definition) is 0. The summed E-state index contributed by atoms with van der Waals surface area (Å²) in [4.78, 5) is 0. The van der Waals surface area contributed by atoms with Crippen LogP contribution in [0.2, 0.25) is 0 Å². The van der Waals surface area contributed by atoms with Crippen molar-refractivity contribution in [2.75, 3.05) is 0 Å². The summed E-state index contributed by atoms with van der Waals surface area (Å²) < 4.78 is 0. The Morgan fingerprint density at radius 2 is 0.536 bits per heavy atom. The zero-order chi connectivity index (χ0) is 18.5. The van der Waals surface area contributed by atoms with Crippen LogP contribution < -0.4 is 0 Å².